The molecular weight excluding hydrogens is 1000 g/mol. The van der Waals surface area contributed by atoms with Crippen molar-refractivity contribution in [2.75, 3.05) is 52.4 Å². The van der Waals surface area contributed by atoms with E-state index in [1.807, 2.05) is 76.0 Å². The molecule has 21 heteroatoms. The summed E-state index contributed by atoms with van der Waals surface area (Å²) in [6, 6.07) is 17.5. The van der Waals surface area contributed by atoms with Crippen molar-refractivity contribution in [3.63, 3.8) is 0 Å². The Kier molecular flexibility index (Phi) is 21.7. The second kappa shape index (κ2) is 27.4. The second-order valence-electron chi connectivity index (χ2n) is 23.4. The number of piperazine rings is 2. The monoisotopic (exact) mass is 1080 g/mol. The fourth-order valence-corrected chi connectivity index (χ4v) is 8.61. The van der Waals surface area contributed by atoms with E-state index in [-0.39, 0.29) is 57.7 Å². The molecule has 0 aliphatic carbocycles. The van der Waals surface area contributed by atoms with Gasteiger partial charge in [0.05, 0.1) is 19.4 Å². The molecule has 78 heavy (non-hydrogen) atoms. The van der Waals surface area contributed by atoms with Gasteiger partial charge in [-0.25, -0.2) is 29.1 Å². The molecular formula is C57H84N10O11. The molecule has 2 aromatic heterocycles. The Morgan fingerprint density at radius 3 is 1.35 bits per heavy atom. The molecule has 2 saturated heterocycles. The van der Waals surface area contributed by atoms with Crippen molar-refractivity contribution in [3.8, 4) is 0 Å². The lowest BCUT2D eigenvalue weighted by Crippen LogP contribution is -2.62. The lowest BCUT2D eigenvalue weighted by molar-refractivity contribution is -0.140. The van der Waals surface area contributed by atoms with Gasteiger partial charge in [0.15, 0.2) is 0 Å². The highest BCUT2D eigenvalue weighted by molar-refractivity contribution is 5.88. The van der Waals surface area contributed by atoms with Crippen LogP contribution in [0.3, 0.4) is 0 Å². The molecule has 2 fully saturated rings. The van der Waals surface area contributed by atoms with Crippen LogP contribution in [0.15, 0.2) is 91.8 Å². The van der Waals surface area contributed by atoms with Crippen LogP contribution in [0.1, 0.15) is 113 Å². The van der Waals surface area contributed by atoms with Crippen LogP contribution in [0.25, 0.3) is 0 Å². The molecule has 2 aromatic carbocycles. The van der Waals surface area contributed by atoms with Crippen LogP contribution in [0.5, 0.6) is 0 Å². The number of ether oxygens (including phenoxy) is 4. The van der Waals surface area contributed by atoms with Gasteiger partial charge in [0.25, 0.3) is 0 Å². The quantitative estimate of drug-likeness (QED) is 0.113. The van der Waals surface area contributed by atoms with Crippen molar-refractivity contribution in [3.05, 3.63) is 109 Å². The Bertz CT molecular complexity index is 2550. The molecule has 2 aliphatic heterocycles. The third-order valence-electron chi connectivity index (χ3n) is 12.1. The number of aryl methyl sites for hydroxylation is 2. The summed E-state index contributed by atoms with van der Waals surface area (Å²) in [4.78, 5) is 98.0. The number of amides is 6. The van der Waals surface area contributed by atoms with E-state index in [9.17, 15) is 33.9 Å². The molecule has 6 rings (SSSR count). The highest BCUT2D eigenvalue weighted by Crippen LogP contribution is 2.24. The van der Waals surface area contributed by atoms with Gasteiger partial charge in [-0.2, -0.15) is 0 Å². The van der Waals surface area contributed by atoms with Gasteiger partial charge in [-0.05, 0) is 107 Å². The highest BCUT2D eigenvalue weighted by atomic mass is 16.6. The number of hydrogen-bond acceptors (Lipinski definition) is 13. The Labute approximate surface area is 460 Å². The van der Waals surface area contributed by atoms with Crippen LogP contribution in [0.2, 0.25) is 0 Å². The van der Waals surface area contributed by atoms with E-state index in [1.54, 1.807) is 118 Å². The summed E-state index contributed by atoms with van der Waals surface area (Å²) >= 11 is 0. The number of imidazole rings is 2. The van der Waals surface area contributed by atoms with Gasteiger partial charge in [-0.3, -0.25) is 19.4 Å². The van der Waals surface area contributed by atoms with Crippen LogP contribution >= 0.6 is 0 Å². The van der Waals surface area contributed by atoms with Crippen LogP contribution < -0.4 is 0 Å². The predicted molar refractivity (Wildman–Crippen MR) is 292 cm³/mol. The number of hydrogen-bond donors (Lipinski definition) is 1. The normalized spacial score (nSPS) is 16.1. The van der Waals surface area contributed by atoms with Crippen molar-refractivity contribution >= 4 is 36.2 Å². The molecule has 0 unspecified atom stereocenters. The molecule has 0 saturated carbocycles. The first-order valence-electron chi connectivity index (χ1n) is 26.8. The summed E-state index contributed by atoms with van der Waals surface area (Å²) in [5.74, 6) is 0.0342. The van der Waals surface area contributed by atoms with Gasteiger partial charge in [-0.15, -0.1) is 0 Å². The van der Waals surface area contributed by atoms with Gasteiger partial charge in [0.1, 0.15) is 46.9 Å². The minimum absolute atomic E-state index is 0.00550. The third-order valence-corrected chi connectivity index (χ3v) is 12.1. The number of carbonyl (C=O) groups excluding carboxylic acids is 6. The van der Waals surface area contributed by atoms with Gasteiger partial charge < -0.3 is 52.8 Å². The third kappa shape index (κ3) is 20.0. The molecule has 6 amide bonds. The fourth-order valence-electron chi connectivity index (χ4n) is 8.61. The van der Waals surface area contributed by atoms with Crippen LogP contribution in [0.4, 0.5) is 19.2 Å². The molecule has 0 radical (unpaired) electrons. The summed E-state index contributed by atoms with van der Waals surface area (Å²) in [5.41, 5.74) is -0.914. The molecule has 1 N–H and O–H groups in total. The number of aliphatic hydroxyl groups is 1. The number of rotatable bonds is 15. The number of carbonyl (C=O) groups is 6. The van der Waals surface area contributed by atoms with E-state index < -0.39 is 58.9 Å². The molecule has 2 atom stereocenters. The minimum Gasteiger partial charge on any atom is -0.444 e. The van der Waals surface area contributed by atoms with Crippen LogP contribution in [-0.4, -0.2) is 177 Å². The minimum atomic E-state index is -0.943. The first kappa shape index (κ1) is 61.7. The maximum absolute atomic E-state index is 14.2. The second-order valence-corrected chi connectivity index (χ2v) is 23.4. The molecule has 0 spiro atoms. The molecule has 4 heterocycles. The largest absolute Gasteiger partial charge is 0.444 e. The summed E-state index contributed by atoms with van der Waals surface area (Å²) in [6.07, 6.45) is 7.86. The van der Waals surface area contributed by atoms with Crippen molar-refractivity contribution in [2.24, 2.45) is 0 Å². The Balaban J connectivity index is 0.000000288. The van der Waals surface area contributed by atoms with E-state index in [0.717, 1.165) is 11.1 Å². The first-order chi connectivity index (χ1) is 36.6. The van der Waals surface area contributed by atoms with Gasteiger partial charge >= 0.3 is 24.4 Å². The van der Waals surface area contributed by atoms with E-state index in [1.165, 1.54) is 19.6 Å². The Morgan fingerprint density at radius 2 is 0.962 bits per heavy atom. The van der Waals surface area contributed by atoms with E-state index in [0.29, 0.717) is 57.9 Å². The van der Waals surface area contributed by atoms with Crippen molar-refractivity contribution in [2.45, 2.75) is 163 Å². The standard InChI is InChI=1S/C29H43N5O6.C28H41N5O5/c1-28(2,3)39-26(37)33-17-18-34(27(38)40-29(4,5)6)23(20-33)25(36)32(19-22-11-8-7-9-12-22)15-10-14-31-16-13-30-24(31)21-35;1-27(2,3)37-25(35)32-17-18-33(26(36)38-28(4,5)6)23(20-32)24(34)31(19-22-11-8-7-9-12-22)15-10-14-30-16-13-29-21-30/h7-9,11-13,16,23,35H,10,14-15,17-21H2,1-6H3;7-9,11-13,16,21,23H,10,14-15,17-20H2,1-6H3/t2*23-/m11/s1. The summed E-state index contributed by atoms with van der Waals surface area (Å²) < 4.78 is 26.2. The first-order valence-corrected chi connectivity index (χ1v) is 26.8. The zero-order chi connectivity index (χ0) is 57.4. The van der Waals surface area contributed by atoms with E-state index in [2.05, 4.69) is 9.97 Å². The number of aromatic nitrogens is 4. The van der Waals surface area contributed by atoms with Crippen molar-refractivity contribution < 1.29 is 52.8 Å². The molecule has 428 valence electrons. The zero-order valence-electron chi connectivity index (χ0n) is 47.9. The molecule has 21 nitrogen and oxygen atoms in total. The summed E-state index contributed by atoms with van der Waals surface area (Å²) in [7, 11) is 0. The number of aliphatic hydroxyl groups excluding tert-OH is 1. The maximum atomic E-state index is 14.2. The van der Waals surface area contributed by atoms with Gasteiger partial charge in [0, 0.05) is 90.2 Å². The topological polar surface area (TPSA) is 215 Å². The van der Waals surface area contributed by atoms with Crippen LogP contribution in [0, 0.1) is 0 Å². The zero-order valence-corrected chi connectivity index (χ0v) is 47.9. The SMILES string of the molecule is CC(C)(C)OC(=O)N1CCN(C(=O)OC(C)(C)C)[C@@H](C(=O)N(CCCn2ccnc2)Cc2ccccc2)C1.CC(C)(C)OC(=O)N1CCN(C(=O)OC(C)(C)C)[C@@H](C(=O)N(CCCn2ccnc2CO)Cc2ccccc2)C1. The van der Waals surface area contributed by atoms with Crippen molar-refractivity contribution in [1.82, 2.24) is 48.5 Å². The Morgan fingerprint density at radius 1 is 0.551 bits per heavy atom. The summed E-state index contributed by atoms with van der Waals surface area (Å²) in [6.45, 7) is 24.9. The Hall–Kier alpha value is -7.16. The smallest absolute Gasteiger partial charge is 0.411 e. The molecule has 0 bridgehead atoms. The highest BCUT2D eigenvalue weighted by Gasteiger charge is 2.43. The predicted octanol–water partition coefficient (Wildman–Crippen LogP) is 7.81. The lowest BCUT2D eigenvalue weighted by atomic mass is 10.1. The fraction of sp³-hybridized carbons (Fsp3) is 0.579. The summed E-state index contributed by atoms with van der Waals surface area (Å²) in [5, 5.41) is 9.53. The van der Waals surface area contributed by atoms with Gasteiger partial charge in [0.2, 0.25) is 11.8 Å². The average Bonchev–Trinajstić information content (AvgIpc) is 4.09. The number of benzene rings is 2. The van der Waals surface area contributed by atoms with Crippen LogP contribution in [-0.2, 0) is 61.3 Å². The van der Waals surface area contributed by atoms with Gasteiger partial charge in [-0.1, -0.05) is 60.7 Å². The van der Waals surface area contributed by atoms with E-state index in [4.69, 9.17) is 18.9 Å². The molecule has 2 aliphatic rings. The molecule has 4 aromatic rings. The maximum Gasteiger partial charge on any atom is 0.411 e. The van der Waals surface area contributed by atoms with E-state index >= 15 is 0 Å². The lowest BCUT2D eigenvalue weighted by Gasteiger charge is -2.42. The van der Waals surface area contributed by atoms with Crippen molar-refractivity contribution in [1.29, 1.82) is 0 Å². The number of nitrogens with zero attached hydrogens (tertiary/aromatic N) is 10. The average molecular weight is 1090 g/mol.